The van der Waals surface area contributed by atoms with E-state index in [2.05, 4.69) is 5.32 Å². The number of benzene rings is 3. The largest absolute Gasteiger partial charge is 0.493 e. The maximum Gasteiger partial charge on any atom is 0.336 e. The zero-order valence-electron chi connectivity index (χ0n) is 21.0. The van der Waals surface area contributed by atoms with E-state index >= 15 is 0 Å². The van der Waals surface area contributed by atoms with Crippen LogP contribution in [0.2, 0.25) is 5.02 Å². The Morgan fingerprint density at radius 1 is 1.00 bits per heavy atom. The Labute approximate surface area is 220 Å². The molecule has 1 aliphatic heterocycles. The van der Waals surface area contributed by atoms with Crippen LogP contribution >= 0.6 is 11.6 Å². The van der Waals surface area contributed by atoms with Crippen molar-refractivity contribution in [2.75, 3.05) is 14.2 Å². The number of methoxy groups -OCH3 is 2. The fraction of sp³-hybridized carbons (Fsp3) is 0.200. The normalized spacial score (nSPS) is 16.2. The van der Waals surface area contributed by atoms with Crippen molar-refractivity contribution in [2.24, 2.45) is 0 Å². The van der Waals surface area contributed by atoms with Crippen molar-refractivity contribution in [1.29, 1.82) is 0 Å². The third-order valence-electron chi connectivity index (χ3n) is 6.74. The van der Waals surface area contributed by atoms with Gasteiger partial charge in [0.25, 0.3) is 0 Å². The second-order valence-electron chi connectivity index (χ2n) is 9.06. The molecule has 0 aromatic heterocycles. The van der Waals surface area contributed by atoms with Gasteiger partial charge in [0.1, 0.15) is 6.61 Å². The van der Waals surface area contributed by atoms with Gasteiger partial charge in [0.2, 0.25) is 0 Å². The predicted octanol–water partition coefficient (Wildman–Crippen LogP) is 5.98. The molecule has 1 aliphatic carbocycles. The Kier molecular flexibility index (Phi) is 6.52. The van der Waals surface area contributed by atoms with E-state index in [1.807, 2.05) is 49.4 Å². The average Bonchev–Trinajstić information content (AvgIpc) is 3.18. The minimum atomic E-state index is -0.707. The van der Waals surface area contributed by atoms with Gasteiger partial charge in [-0.1, -0.05) is 65.7 Å². The molecule has 0 amide bonds. The summed E-state index contributed by atoms with van der Waals surface area (Å²) < 4.78 is 16.8. The smallest absolute Gasteiger partial charge is 0.336 e. The monoisotopic (exact) mass is 515 g/mol. The van der Waals surface area contributed by atoms with Crippen molar-refractivity contribution >= 4 is 29.1 Å². The number of ether oxygens (including phenoxy) is 3. The van der Waals surface area contributed by atoms with E-state index in [1.54, 1.807) is 25.1 Å². The summed E-state index contributed by atoms with van der Waals surface area (Å²) in [6.07, 6.45) is 0. The first-order valence-corrected chi connectivity index (χ1v) is 12.2. The van der Waals surface area contributed by atoms with Crippen LogP contribution in [0, 0.1) is 6.92 Å². The van der Waals surface area contributed by atoms with Gasteiger partial charge in [-0.15, -0.1) is 0 Å². The highest BCUT2D eigenvalue weighted by Gasteiger charge is 2.43. The maximum atomic E-state index is 13.6. The zero-order valence-corrected chi connectivity index (χ0v) is 21.7. The first kappa shape index (κ1) is 24.7. The van der Waals surface area contributed by atoms with Crippen LogP contribution in [0.25, 0.3) is 5.70 Å². The number of esters is 1. The number of aryl methyl sites for hydroxylation is 1. The van der Waals surface area contributed by atoms with Crippen LogP contribution in [0.5, 0.6) is 11.5 Å². The second kappa shape index (κ2) is 9.79. The number of carbonyl (C=O) groups is 2. The van der Waals surface area contributed by atoms with Crippen LogP contribution in [0.15, 0.2) is 77.5 Å². The summed E-state index contributed by atoms with van der Waals surface area (Å²) in [5, 5.41) is 3.59. The van der Waals surface area contributed by atoms with Gasteiger partial charge < -0.3 is 19.5 Å². The third kappa shape index (κ3) is 4.27. The Balaban J connectivity index is 1.60. The lowest BCUT2D eigenvalue weighted by Gasteiger charge is -2.29. The summed E-state index contributed by atoms with van der Waals surface area (Å²) >= 11 is 6.74. The number of Topliss-reactive ketones (excluding diaryl/α,β-unsaturated/α-hetero) is 1. The van der Waals surface area contributed by atoms with Crippen LogP contribution in [0.4, 0.5) is 0 Å². The number of hydrogen-bond acceptors (Lipinski definition) is 6. The van der Waals surface area contributed by atoms with E-state index in [0.717, 1.165) is 16.7 Å². The Morgan fingerprint density at radius 3 is 2.38 bits per heavy atom. The molecule has 0 saturated heterocycles. The van der Waals surface area contributed by atoms with Crippen molar-refractivity contribution in [3.8, 4) is 11.5 Å². The first-order chi connectivity index (χ1) is 17.8. The van der Waals surface area contributed by atoms with Crippen molar-refractivity contribution in [3.05, 3.63) is 110 Å². The van der Waals surface area contributed by atoms with E-state index in [-0.39, 0.29) is 5.78 Å². The molecular formula is C30H26ClNO5. The highest BCUT2D eigenvalue weighted by atomic mass is 35.5. The molecule has 5 rings (SSSR count). The summed E-state index contributed by atoms with van der Waals surface area (Å²) in [5.74, 6) is -0.592. The SMILES string of the molecule is COC(=O)C1=C(C)NC2=C(C(=O)c3ccccc32)[C@H]1c1cc(Cl)c(OCc2ccc(C)cc2)c(OC)c1. The van der Waals surface area contributed by atoms with Crippen LogP contribution in [-0.2, 0) is 16.1 Å². The summed E-state index contributed by atoms with van der Waals surface area (Å²) in [6, 6.07) is 18.9. The average molecular weight is 516 g/mol. The first-order valence-electron chi connectivity index (χ1n) is 11.8. The van der Waals surface area contributed by atoms with E-state index in [4.69, 9.17) is 25.8 Å². The number of ketones is 1. The predicted molar refractivity (Wildman–Crippen MR) is 142 cm³/mol. The molecule has 1 heterocycles. The lowest BCUT2D eigenvalue weighted by Crippen LogP contribution is -2.29. The summed E-state index contributed by atoms with van der Waals surface area (Å²) in [6.45, 7) is 4.13. The molecule has 188 valence electrons. The van der Waals surface area contributed by atoms with E-state index in [0.29, 0.717) is 56.8 Å². The Bertz CT molecular complexity index is 1490. The van der Waals surface area contributed by atoms with Crippen molar-refractivity contribution < 1.29 is 23.8 Å². The van der Waals surface area contributed by atoms with Crippen LogP contribution in [-0.4, -0.2) is 26.0 Å². The molecule has 0 spiro atoms. The number of rotatable bonds is 6. The molecule has 7 heteroatoms. The lowest BCUT2D eigenvalue weighted by molar-refractivity contribution is -0.136. The number of carbonyl (C=O) groups excluding carboxylic acids is 2. The highest BCUT2D eigenvalue weighted by molar-refractivity contribution is 6.32. The lowest BCUT2D eigenvalue weighted by atomic mass is 9.79. The third-order valence-corrected chi connectivity index (χ3v) is 7.02. The Hall–Kier alpha value is -4.03. The van der Waals surface area contributed by atoms with Gasteiger partial charge in [-0.25, -0.2) is 4.79 Å². The van der Waals surface area contributed by atoms with Gasteiger partial charge in [-0.2, -0.15) is 0 Å². The van der Waals surface area contributed by atoms with Crippen molar-refractivity contribution in [1.82, 2.24) is 5.32 Å². The zero-order chi connectivity index (χ0) is 26.3. The fourth-order valence-corrected chi connectivity index (χ4v) is 5.20. The van der Waals surface area contributed by atoms with Crippen LogP contribution in [0.3, 0.4) is 0 Å². The van der Waals surface area contributed by atoms with Gasteiger partial charge in [-0.3, -0.25) is 4.79 Å². The molecule has 0 saturated carbocycles. The van der Waals surface area contributed by atoms with E-state index in [1.165, 1.54) is 14.2 Å². The molecule has 0 radical (unpaired) electrons. The minimum Gasteiger partial charge on any atom is -0.493 e. The molecular weight excluding hydrogens is 490 g/mol. The molecule has 37 heavy (non-hydrogen) atoms. The molecule has 6 nitrogen and oxygen atoms in total. The number of halogens is 1. The number of dihydropyridines is 1. The molecule has 1 N–H and O–H groups in total. The van der Waals surface area contributed by atoms with Crippen LogP contribution in [0.1, 0.15) is 45.5 Å². The summed E-state index contributed by atoms with van der Waals surface area (Å²) in [4.78, 5) is 26.6. The van der Waals surface area contributed by atoms with E-state index in [9.17, 15) is 9.59 Å². The number of allylic oxidation sites excluding steroid dienone is 2. The van der Waals surface area contributed by atoms with Crippen LogP contribution < -0.4 is 14.8 Å². The fourth-order valence-electron chi connectivity index (χ4n) is 4.93. The molecule has 1 atom stereocenters. The highest BCUT2D eigenvalue weighted by Crippen LogP contribution is 2.49. The summed E-state index contributed by atoms with van der Waals surface area (Å²) in [5.41, 5.74) is 6.26. The molecule has 0 fully saturated rings. The van der Waals surface area contributed by atoms with Gasteiger partial charge in [0.05, 0.1) is 30.5 Å². The van der Waals surface area contributed by atoms with Gasteiger partial charge in [0.15, 0.2) is 17.3 Å². The van der Waals surface area contributed by atoms with Gasteiger partial charge in [-0.05, 0) is 37.1 Å². The molecule has 3 aromatic rings. The van der Waals surface area contributed by atoms with E-state index < -0.39 is 11.9 Å². The topological polar surface area (TPSA) is 73.9 Å². The molecule has 3 aromatic carbocycles. The molecule has 2 aliphatic rings. The number of nitrogens with one attached hydrogen (secondary N) is 1. The summed E-state index contributed by atoms with van der Waals surface area (Å²) in [7, 11) is 2.85. The number of fused-ring (bicyclic) bond motifs is 2. The molecule has 0 bridgehead atoms. The van der Waals surface area contributed by atoms with Crippen molar-refractivity contribution in [3.63, 3.8) is 0 Å². The number of hydrogen-bond donors (Lipinski definition) is 1. The molecule has 0 unspecified atom stereocenters. The van der Waals surface area contributed by atoms with Gasteiger partial charge >= 0.3 is 5.97 Å². The quantitative estimate of drug-likeness (QED) is 0.407. The minimum absolute atomic E-state index is 0.146. The van der Waals surface area contributed by atoms with Gasteiger partial charge in [0, 0.05) is 28.3 Å². The Morgan fingerprint density at radius 2 is 1.70 bits per heavy atom. The standard InChI is InChI=1S/C30H26ClNO5/c1-16-9-11-18(12-10-16)15-37-29-22(31)13-19(14-23(29)35-3)25-24(30(34)36-4)17(2)32-27-20-7-5-6-8-21(20)28(33)26(25)27/h5-14,25,32H,15H2,1-4H3/t25-/m0/s1. The second-order valence-corrected chi connectivity index (χ2v) is 9.47. The van der Waals surface area contributed by atoms with Crippen molar-refractivity contribution in [2.45, 2.75) is 26.4 Å². The maximum absolute atomic E-state index is 13.6.